The van der Waals surface area contributed by atoms with Crippen molar-refractivity contribution in [3.05, 3.63) is 113 Å². The average molecular weight is 461 g/mol. The first kappa shape index (κ1) is 20.7. The lowest BCUT2D eigenvalue weighted by Crippen LogP contribution is -2.20. The molecule has 1 aromatic heterocycles. The Kier molecular flexibility index (Phi) is 5.20. The highest BCUT2D eigenvalue weighted by molar-refractivity contribution is 5.82. The van der Waals surface area contributed by atoms with Gasteiger partial charge in [0, 0.05) is 11.6 Å². The van der Waals surface area contributed by atoms with E-state index in [0.717, 1.165) is 11.1 Å². The molecule has 0 saturated heterocycles. The molecular weight excluding hydrogens is 442 g/mol. The van der Waals surface area contributed by atoms with Crippen molar-refractivity contribution in [3.63, 3.8) is 0 Å². The Hall–Kier alpha value is -4.91. The topological polar surface area (TPSA) is 74.9 Å². The van der Waals surface area contributed by atoms with Crippen LogP contribution in [-0.4, -0.2) is 22.7 Å². The summed E-state index contributed by atoms with van der Waals surface area (Å²) in [6, 6.07) is 29.7. The van der Waals surface area contributed by atoms with Crippen LogP contribution in [0.3, 0.4) is 0 Å². The van der Waals surface area contributed by atoms with Gasteiger partial charge in [-0.1, -0.05) is 42.5 Å². The summed E-state index contributed by atoms with van der Waals surface area (Å²) in [5.74, 6) is 3.16. The Morgan fingerprint density at radius 2 is 1.57 bits per heavy atom. The molecule has 5 aromatic rings. The highest BCUT2D eigenvalue weighted by Gasteiger charge is 2.14. The Bertz CT molecular complexity index is 1610. The fraction of sp³-hybridized carbons (Fsp3) is 0.0357. The lowest BCUT2D eigenvalue weighted by molar-refractivity contribution is 0.174. The molecule has 7 nitrogen and oxygen atoms in total. The molecule has 0 bridgehead atoms. The second-order valence-corrected chi connectivity index (χ2v) is 7.87. The van der Waals surface area contributed by atoms with Crippen molar-refractivity contribution in [2.24, 2.45) is 5.10 Å². The molecule has 0 amide bonds. The standard InChI is InChI=1S/C28H19N3O4/c32-28-23-8-4-5-9-24(23)30-27(20-6-2-1-3-7-20)31(28)29-17-19-10-12-21(13-11-19)35-22-14-15-25-26(16-22)34-18-33-25/h1-17H,18H2/b29-17+. The van der Waals surface area contributed by atoms with E-state index in [1.807, 2.05) is 84.9 Å². The van der Waals surface area contributed by atoms with Crippen LogP contribution in [0, 0.1) is 0 Å². The largest absolute Gasteiger partial charge is 0.457 e. The summed E-state index contributed by atoms with van der Waals surface area (Å²) in [5.41, 5.74) is 2.02. The molecule has 35 heavy (non-hydrogen) atoms. The number of fused-ring (bicyclic) bond motifs is 2. The quantitative estimate of drug-likeness (QED) is 0.325. The van der Waals surface area contributed by atoms with Gasteiger partial charge in [0.1, 0.15) is 11.5 Å². The summed E-state index contributed by atoms with van der Waals surface area (Å²) in [4.78, 5) is 18.0. The van der Waals surface area contributed by atoms with E-state index in [1.54, 1.807) is 18.3 Å². The minimum Gasteiger partial charge on any atom is -0.457 e. The minimum absolute atomic E-state index is 0.217. The van der Waals surface area contributed by atoms with E-state index < -0.39 is 0 Å². The molecule has 0 fully saturated rings. The maximum atomic E-state index is 13.3. The van der Waals surface area contributed by atoms with Gasteiger partial charge in [-0.25, -0.2) is 4.98 Å². The molecular formula is C28H19N3O4. The first-order valence-electron chi connectivity index (χ1n) is 11.0. The van der Waals surface area contributed by atoms with Crippen molar-refractivity contribution < 1.29 is 14.2 Å². The highest BCUT2D eigenvalue weighted by Crippen LogP contribution is 2.36. The third-order valence-electron chi connectivity index (χ3n) is 5.57. The fourth-order valence-electron chi connectivity index (χ4n) is 3.83. The third kappa shape index (κ3) is 4.11. The number of ether oxygens (including phenoxy) is 3. The van der Waals surface area contributed by atoms with Gasteiger partial charge in [-0.05, 0) is 54.1 Å². The monoisotopic (exact) mass is 461 g/mol. The van der Waals surface area contributed by atoms with Gasteiger partial charge in [0.15, 0.2) is 17.3 Å². The third-order valence-corrected chi connectivity index (χ3v) is 5.57. The van der Waals surface area contributed by atoms with E-state index >= 15 is 0 Å². The number of para-hydroxylation sites is 1. The smallest absolute Gasteiger partial charge is 0.282 e. The van der Waals surface area contributed by atoms with Crippen molar-refractivity contribution in [2.75, 3.05) is 6.79 Å². The Labute approximate surface area is 200 Å². The second kappa shape index (κ2) is 8.79. The molecule has 2 heterocycles. The molecule has 0 spiro atoms. The number of aromatic nitrogens is 2. The maximum Gasteiger partial charge on any atom is 0.282 e. The summed E-state index contributed by atoms with van der Waals surface area (Å²) < 4.78 is 18.0. The maximum absolute atomic E-state index is 13.3. The molecule has 0 aliphatic carbocycles. The summed E-state index contributed by atoms with van der Waals surface area (Å²) in [5, 5.41) is 5.01. The SMILES string of the molecule is O=c1c2ccccc2nc(-c2ccccc2)n1/N=C/c1ccc(Oc2ccc3c(c2)OCO3)cc1. The molecule has 4 aromatic carbocycles. The molecule has 7 heteroatoms. The van der Waals surface area contributed by atoms with Crippen LogP contribution in [-0.2, 0) is 0 Å². The molecule has 0 N–H and O–H groups in total. The van der Waals surface area contributed by atoms with Crippen LogP contribution in [0.1, 0.15) is 5.56 Å². The van der Waals surface area contributed by atoms with Crippen molar-refractivity contribution >= 4 is 17.1 Å². The van der Waals surface area contributed by atoms with Gasteiger partial charge < -0.3 is 14.2 Å². The van der Waals surface area contributed by atoms with Crippen LogP contribution >= 0.6 is 0 Å². The lowest BCUT2D eigenvalue weighted by atomic mass is 10.2. The zero-order valence-electron chi connectivity index (χ0n) is 18.5. The molecule has 1 aliphatic heterocycles. The zero-order valence-corrected chi connectivity index (χ0v) is 18.5. The Morgan fingerprint density at radius 1 is 0.829 bits per heavy atom. The van der Waals surface area contributed by atoms with Crippen LogP contribution in [0.15, 0.2) is 107 Å². The average Bonchev–Trinajstić information content (AvgIpc) is 3.37. The summed E-state index contributed by atoms with van der Waals surface area (Å²) >= 11 is 0. The lowest BCUT2D eigenvalue weighted by Gasteiger charge is -2.09. The zero-order chi connectivity index (χ0) is 23.6. The molecule has 170 valence electrons. The van der Waals surface area contributed by atoms with E-state index in [-0.39, 0.29) is 12.4 Å². The normalized spacial score (nSPS) is 12.3. The first-order chi connectivity index (χ1) is 17.2. The predicted octanol–water partition coefficient (Wildman–Crippen LogP) is 5.47. The molecule has 0 unspecified atom stereocenters. The van der Waals surface area contributed by atoms with Gasteiger partial charge in [-0.15, -0.1) is 0 Å². The van der Waals surface area contributed by atoms with Gasteiger partial charge in [-0.2, -0.15) is 9.78 Å². The number of rotatable bonds is 5. The van der Waals surface area contributed by atoms with Crippen molar-refractivity contribution in [1.82, 2.24) is 9.66 Å². The highest BCUT2D eigenvalue weighted by atomic mass is 16.7. The van der Waals surface area contributed by atoms with Gasteiger partial charge in [0.25, 0.3) is 5.56 Å². The second-order valence-electron chi connectivity index (χ2n) is 7.87. The molecule has 1 aliphatic rings. The van der Waals surface area contributed by atoms with Crippen molar-refractivity contribution in [1.29, 1.82) is 0 Å². The molecule has 0 atom stereocenters. The number of nitrogens with zero attached hydrogens (tertiary/aromatic N) is 3. The summed E-state index contributed by atoms with van der Waals surface area (Å²) in [6.07, 6.45) is 1.63. The van der Waals surface area contributed by atoms with Crippen molar-refractivity contribution in [3.8, 4) is 34.4 Å². The van der Waals surface area contributed by atoms with Crippen molar-refractivity contribution in [2.45, 2.75) is 0 Å². The minimum atomic E-state index is -0.228. The van der Waals surface area contributed by atoms with Gasteiger partial charge in [-0.3, -0.25) is 4.79 Å². The fourth-order valence-corrected chi connectivity index (χ4v) is 3.83. The first-order valence-corrected chi connectivity index (χ1v) is 11.0. The summed E-state index contributed by atoms with van der Waals surface area (Å²) in [7, 11) is 0. The van der Waals surface area contributed by atoms with Crippen LogP contribution < -0.4 is 19.8 Å². The van der Waals surface area contributed by atoms with E-state index in [2.05, 4.69) is 5.10 Å². The van der Waals surface area contributed by atoms with Crippen LogP contribution in [0.25, 0.3) is 22.3 Å². The van der Waals surface area contributed by atoms with E-state index in [1.165, 1.54) is 4.68 Å². The van der Waals surface area contributed by atoms with Gasteiger partial charge in [0.2, 0.25) is 6.79 Å². The number of hydrogen-bond acceptors (Lipinski definition) is 6. The van der Waals surface area contributed by atoms with Crippen LogP contribution in [0.4, 0.5) is 0 Å². The van der Waals surface area contributed by atoms with Crippen LogP contribution in [0.2, 0.25) is 0 Å². The predicted molar refractivity (Wildman–Crippen MR) is 134 cm³/mol. The molecule has 0 radical (unpaired) electrons. The summed E-state index contributed by atoms with van der Waals surface area (Å²) in [6.45, 7) is 0.217. The molecule has 6 rings (SSSR count). The van der Waals surface area contributed by atoms with Gasteiger partial charge >= 0.3 is 0 Å². The van der Waals surface area contributed by atoms with Crippen LogP contribution in [0.5, 0.6) is 23.0 Å². The molecule has 0 saturated carbocycles. The Morgan fingerprint density at radius 3 is 2.43 bits per heavy atom. The van der Waals surface area contributed by atoms with E-state index in [9.17, 15) is 4.79 Å². The Balaban J connectivity index is 1.30. The number of benzene rings is 4. The number of hydrogen-bond donors (Lipinski definition) is 0. The van der Waals surface area contributed by atoms with E-state index in [0.29, 0.717) is 39.7 Å². The van der Waals surface area contributed by atoms with Gasteiger partial charge in [0.05, 0.1) is 17.1 Å². The van der Waals surface area contributed by atoms with E-state index in [4.69, 9.17) is 19.2 Å².